The van der Waals surface area contributed by atoms with Crippen LogP contribution in [0.2, 0.25) is 0 Å². The summed E-state index contributed by atoms with van der Waals surface area (Å²) in [5.74, 6) is 0.426. The molecule has 2 heteroatoms. The highest BCUT2D eigenvalue weighted by atomic mass is 16.2. The number of carbonyl (C=O) groups is 1. The standard InChI is InChI=1S/C11H21NO/c1-8(2)10(13)12(9-6-7-9)11(3,4)5/h8-9H,6-7H2,1-5H3. The van der Waals surface area contributed by atoms with E-state index in [0.717, 1.165) is 0 Å². The van der Waals surface area contributed by atoms with Crippen molar-refractivity contribution in [2.24, 2.45) is 5.92 Å². The van der Waals surface area contributed by atoms with Gasteiger partial charge in [0.2, 0.25) is 5.91 Å². The van der Waals surface area contributed by atoms with Crippen LogP contribution in [-0.2, 0) is 4.79 Å². The maximum absolute atomic E-state index is 11.9. The Labute approximate surface area is 81.3 Å². The van der Waals surface area contributed by atoms with Gasteiger partial charge < -0.3 is 4.90 Å². The molecule has 1 amide bonds. The zero-order chi connectivity index (χ0) is 10.2. The molecule has 1 saturated carbocycles. The normalized spacial score (nSPS) is 17.7. The van der Waals surface area contributed by atoms with Crippen molar-refractivity contribution in [1.29, 1.82) is 0 Å². The summed E-state index contributed by atoms with van der Waals surface area (Å²) in [4.78, 5) is 14.0. The van der Waals surface area contributed by atoms with Crippen LogP contribution < -0.4 is 0 Å². The number of hydrogen-bond donors (Lipinski definition) is 0. The molecule has 0 heterocycles. The molecule has 0 spiro atoms. The van der Waals surface area contributed by atoms with Crippen molar-refractivity contribution in [2.45, 2.75) is 59.0 Å². The molecule has 0 aromatic rings. The Balaban J connectivity index is 2.73. The molecule has 2 nitrogen and oxygen atoms in total. The van der Waals surface area contributed by atoms with Gasteiger partial charge in [-0.25, -0.2) is 0 Å². The van der Waals surface area contributed by atoms with E-state index in [9.17, 15) is 4.79 Å². The number of rotatable bonds is 2. The Kier molecular flexibility index (Phi) is 2.69. The van der Waals surface area contributed by atoms with Crippen LogP contribution in [0.25, 0.3) is 0 Å². The first-order valence-corrected chi connectivity index (χ1v) is 5.17. The van der Waals surface area contributed by atoms with Crippen LogP contribution in [-0.4, -0.2) is 22.4 Å². The molecule has 0 aliphatic heterocycles. The number of hydrogen-bond acceptors (Lipinski definition) is 1. The summed E-state index contributed by atoms with van der Waals surface area (Å²) < 4.78 is 0. The van der Waals surface area contributed by atoms with Gasteiger partial charge in [-0.3, -0.25) is 4.79 Å². The fourth-order valence-corrected chi connectivity index (χ4v) is 1.67. The lowest BCUT2D eigenvalue weighted by Gasteiger charge is -2.37. The maximum Gasteiger partial charge on any atom is 0.225 e. The fraction of sp³-hybridized carbons (Fsp3) is 0.909. The van der Waals surface area contributed by atoms with Crippen LogP contribution >= 0.6 is 0 Å². The smallest absolute Gasteiger partial charge is 0.225 e. The number of carbonyl (C=O) groups excluding carboxylic acids is 1. The topological polar surface area (TPSA) is 20.3 Å². The molecule has 0 aromatic carbocycles. The third-order valence-corrected chi connectivity index (χ3v) is 2.37. The van der Waals surface area contributed by atoms with Crippen LogP contribution in [0.15, 0.2) is 0 Å². The number of amides is 1. The van der Waals surface area contributed by atoms with Gasteiger partial charge in [0.05, 0.1) is 0 Å². The van der Waals surface area contributed by atoms with Gasteiger partial charge in [-0.2, -0.15) is 0 Å². The highest BCUT2D eigenvalue weighted by molar-refractivity contribution is 5.79. The minimum Gasteiger partial charge on any atom is -0.335 e. The predicted molar refractivity (Wildman–Crippen MR) is 54.5 cm³/mol. The summed E-state index contributed by atoms with van der Waals surface area (Å²) in [5, 5.41) is 0. The van der Waals surface area contributed by atoms with Crippen molar-refractivity contribution >= 4 is 5.91 Å². The zero-order valence-electron chi connectivity index (χ0n) is 9.42. The Morgan fingerprint density at radius 2 is 1.77 bits per heavy atom. The van der Waals surface area contributed by atoms with Gasteiger partial charge in [0.1, 0.15) is 0 Å². The lowest BCUT2D eigenvalue weighted by Crippen LogP contribution is -2.48. The molecule has 0 aromatic heterocycles. The minimum absolute atomic E-state index is 0.0114. The SMILES string of the molecule is CC(C)C(=O)N(C1CC1)C(C)(C)C. The van der Waals surface area contributed by atoms with E-state index in [4.69, 9.17) is 0 Å². The van der Waals surface area contributed by atoms with E-state index in [-0.39, 0.29) is 11.5 Å². The van der Waals surface area contributed by atoms with E-state index >= 15 is 0 Å². The van der Waals surface area contributed by atoms with Gasteiger partial charge in [-0.05, 0) is 33.6 Å². The highest BCUT2D eigenvalue weighted by Gasteiger charge is 2.39. The van der Waals surface area contributed by atoms with Crippen molar-refractivity contribution in [3.63, 3.8) is 0 Å². The van der Waals surface area contributed by atoms with Gasteiger partial charge in [-0.1, -0.05) is 13.8 Å². The van der Waals surface area contributed by atoms with Crippen molar-refractivity contribution < 1.29 is 4.79 Å². The first-order valence-electron chi connectivity index (χ1n) is 5.17. The van der Waals surface area contributed by atoms with E-state index in [1.54, 1.807) is 0 Å². The Morgan fingerprint density at radius 3 is 2.00 bits per heavy atom. The predicted octanol–water partition coefficient (Wildman–Crippen LogP) is 2.43. The molecule has 0 radical (unpaired) electrons. The van der Waals surface area contributed by atoms with E-state index in [0.29, 0.717) is 11.9 Å². The van der Waals surface area contributed by atoms with Gasteiger partial charge in [0.25, 0.3) is 0 Å². The second-order valence-corrected chi connectivity index (χ2v) is 5.26. The molecule has 1 rings (SSSR count). The first kappa shape index (κ1) is 10.6. The summed E-state index contributed by atoms with van der Waals surface area (Å²) in [5.41, 5.74) is -0.0114. The molecule has 0 saturated heterocycles. The molecule has 0 N–H and O–H groups in total. The van der Waals surface area contributed by atoms with Crippen LogP contribution in [0, 0.1) is 5.92 Å². The Morgan fingerprint density at radius 1 is 1.31 bits per heavy atom. The van der Waals surface area contributed by atoms with Gasteiger partial charge in [0, 0.05) is 17.5 Å². The fourth-order valence-electron chi connectivity index (χ4n) is 1.67. The quantitative estimate of drug-likeness (QED) is 0.644. The molecule has 76 valence electrons. The van der Waals surface area contributed by atoms with Crippen molar-refractivity contribution in [3.8, 4) is 0 Å². The average Bonchev–Trinajstić information content (AvgIpc) is 2.68. The van der Waals surface area contributed by atoms with E-state index in [1.165, 1.54) is 12.8 Å². The van der Waals surface area contributed by atoms with Crippen molar-refractivity contribution in [3.05, 3.63) is 0 Å². The molecule has 0 bridgehead atoms. The van der Waals surface area contributed by atoms with E-state index < -0.39 is 0 Å². The average molecular weight is 183 g/mol. The molecular weight excluding hydrogens is 162 g/mol. The lowest BCUT2D eigenvalue weighted by atomic mass is 10.0. The van der Waals surface area contributed by atoms with Crippen LogP contribution in [0.5, 0.6) is 0 Å². The molecule has 1 aliphatic carbocycles. The van der Waals surface area contributed by atoms with E-state index in [2.05, 4.69) is 25.7 Å². The van der Waals surface area contributed by atoms with Crippen molar-refractivity contribution in [2.75, 3.05) is 0 Å². The Bertz CT molecular complexity index is 199. The molecule has 1 aliphatic rings. The highest BCUT2D eigenvalue weighted by Crippen LogP contribution is 2.33. The van der Waals surface area contributed by atoms with E-state index in [1.807, 2.05) is 13.8 Å². The Hall–Kier alpha value is -0.530. The van der Waals surface area contributed by atoms with Crippen molar-refractivity contribution in [1.82, 2.24) is 4.90 Å². The summed E-state index contributed by atoms with van der Waals surface area (Å²) in [6, 6.07) is 0.523. The summed E-state index contributed by atoms with van der Waals surface area (Å²) in [7, 11) is 0. The third-order valence-electron chi connectivity index (χ3n) is 2.37. The minimum atomic E-state index is -0.0114. The number of nitrogens with zero attached hydrogens (tertiary/aromatic N) is 1. The van der Waals surface area contributed by atoms with Gasteiger partial charge in [0.15, 0.2) is 0 Å². The van der Waals surface area contributed by atoms with Crippen LogP contribution in [0.3, 0.4) is 0 Å². The lowest BCUT2D eigenvalue weighted by molar-refractivity contribution is -0.140. The molecule has 0 unspecified atom stereocenters. The molecular formula is C11H21NO. The third kappa shape index (κ3) is 2.45. The molecule has 1 fully saturated rings. The summed E-state index contributed by atoms with van der Waals surface area (Å²) in [6.45, 7) is 10.3. The second kappa shape index (κ2) is 3.32. The largest absolute Gasteiger partial charge is 0.335 e. The molecule has 0 atom stereocenters. The van der Waals surface area contributed by atoms with Crippen LogP contribution in [0.1, 0.15) is 47.5 Å². The van der Waals surface area contributed by atoms with Crippen LogP contribution in [0.4, 0.5) is 0 Å². The summed E-state index contributed by atoms with van der Waals surface area (Å²) in [6.07, 6.45) is 2.38. The van der Waals surface area contributed by atoms with Gasteiger partial charge in [-0.15, -0.1) is 0 Å². The second-order valence-electron chi connectivity index (χ2n) is 5.26. The van der Waals surface area contributed by atoms with Gasteiger partial charge >= 0.3 is 0 Å². The maximum atomic E-state index is 11.9. The monoisotopic (exact) mass is 183 g/mol. The first-order chi connectivity index (χ1) is 5.84. The molecule has 13 heavy (non-hydrogen) atoms. The summed E-state index contributed by atoms with van der Waals surface area (Å²) >= 11 is 0. The zero-order valence-corrected chi connectivity index (χ0v) is 9.42.